The third kappa shape index (κ3) is 3.45. The fraction of sp³-hybridized carbons (Fsp3) is 0.480. The summed E-state index contributed by atoms with van der Waals surface area (Å²) in [6.45, 7) is 4.10. The van der Waals surface area contributed by atoms with Gasteiger partial charge in [0.15, 0.2) is 0 Å². The van der Waals surface area contributed by atoms with Crippen molar-refractivity contribution >= 4 is 21.5 Å². The van der Waals surface area contributed by atoms with E-state index in [0.29, 0.717) is 29.2 Å². The van der Waals surface area contributed by atoms with Crippen molar-refractivity contribution in [2.45, 2.75) is 63.2 Å². The summed E-state index contributed by atoms with van der Waals surface area (Å²) in [7, 11) is -3.81. The molecule has 2 aromatic carbocycles. The van der Waals surface area contributed by atoms with E-state index in [-0.39, 0.29) is 10.3 Å². The number of nitrogens with zero attached hydrogens (tertiary/aromatic N) is 2. The van der Waals surface area contributed by atoms with Gasteiger partial charge in [0, 0.05) is 11.8 Å². The van der Waals surface area contributed by atoms with Gasteiger partial charge in [-0.15, -0.1) is 5.11 Å². The second-order valence-electron chi connectivity index (χ2n) is 9.69. The molecule has 3 aliphatic carbocycles. The zero-order valence-corrected chi connectivity index (χ0v) is 18.9. The molecule has 3 aliphatic rings. The van der Waals surface area contributed by atoms with Gasteiger partial charge in [-0.2, -0.15) is 8.42 Å². The minimum Gasteiger partial charge on any atom is -0.299 e. The first-order valence-electron chi connectivity index (χ1n) is 11.2. The lowest BCUT2D eigenvalue weighted by molar-refractivity contribution is -0.129. The third-order valence-corrected chi connectivity index (χ3v) is 9.17. The van der Waals surface area contributed by atoms with E-state index in [2.05, 4.69) is 22.6 Å². The van der Waals surface area contributed by atoms with Gasteiger partial charge in [-0.05, 0) is 92.2 Å². The van der Waals surface area contributed by atoms with Crippen molar-refractivity contribution in [2.24, 2.45) is 26.9 Å². The van der Waals surface area contributed by atoms with Gasteiger partial charge in [-0.25, -0.2) is 0 Å². The van der Waals surface area contributed by atoms with E-state index in [1.165, 1.54) is 11.1 Å². The van der Waals surface area contributed by atoms with Crippen molar-refractivity contribution in [2.75, 3.05) is 0 Å². The summed E-state index contributed by atoms with van der Waals surface area (Å²) >= 11 is 0. The predicted molar refractivity (Wildman–Crippen MR) is 119 cm³/mol. The number of ketones is 1. The summed E-state index contributed by atoms with van der Waals surface area (Å²) in [5.41, 5.74) is 4.06. The van der Waals surface area contributed by atoms with Crippen molar-refractivity contribution in [3.05, 3.63) is 59.2 Å². The van der Waals surface area contributed by atoms with Crippen molar-refractivity contribution in [3.63, 3.8) is 0 Å². The Balaban J connectivity index is 1.38. The first-order valence-corrected chi connectivity index (χ1v) is 12.6. The van der Waals surface area contributed by atoms with Crippen LogP contribution >= 0.6 is 0 Å². The highest BCUT2D eigenvalue weighted by Gasteiger charge is 2.54. The van der Waals surface area contributed by atoms with Gasteiger partial charge in [0.1, 0.15) is 5.78 Å². The number of rotatable bonds is 3. The number of sulfonamides is 1. The molecule has 0 heterocycles. The Morgan fingerprint density at radius 2 is 1.77 bits per heavy atom. The lowest BCUT2D eigenvalue weighted by atomic mass is 9.55. The number of benzene rings is 2. The van der Waals surface area contributed by atoms with Gasteiger partial charge in [0.05, 0.1) is 10.6 Å². The van der Waals surface area contributed by atoms with Crippen LogP contribution in [-0.4, -0.2) is 14.2 Å². The Morgan fingerprint density at radius 3 is 2.55 bits per heavy atom. The zero-order chi connectivity index (χ0) is 21.8. The average Bonchev–Trinajstić information content (AvgIpc) is 3.07. The minimum absolute atomic E-state index is 0.114. The fourth-order valence-corrected chi connectivity index (χ4v) is 7.04. The second kappa shape index (κ2) is 7.37. The molecule has 0 aliphatic heterocycles. The monoisotopic (exact) mass is 436 g/mol. The maximum Gasteiger partial charge on any atom is 0.299 e. The second-order valence-corrected chi connectivity index (χ2v) is 11.3. The highest BCUT2D eigenvalue weighted by atomic mass is 32.2. The fourth-order valence-electron chi connectivity index (χ4n) is 6.26. The van der Waals surface area contributed by atoms with Gasteiger partial charge < -0.3 is 0 Å². The van der Waals surface area contributed by atoms with Crippen molar-refractivity contribution in [3.8, 4) is 0 Å². The largest absolute Gasteiger partial charge is 0.299 e. The highest BCUT2D eigenvalue weighted by molar-refractivity contribution is 7.90. The molecular formula is C25H28N2O3S. The van der Waals surface area contributed by atoms with E-state index in [0.717, 1.165) is 44.1 Å². The molecule has 0 unspecified atom stereocenters. The molecule has 5 rings (SSSR count). The SMILES string of the molecule is Cc1ccc(S(=O)(=O)N=Nc2ccc3c(c2)CC[C@@H]2[C@@H]3CC[C@]3(C)C(=O)CC[C@@H]23)cc1. The van der Waals surface area contributed by atoms with Crippen LogP contribution in [0.15, 0.2) is 57.0 Å². The quantitative estimate of drug-likeness (QED) is 0.563. The van der Waals surface area contributed by atoms with Gasteiger partial charge in [0.25, 0.3) is 10.0 Å². The number of carbonyl (C=O) groups excluding carboxylic acids is 1. The van der Waals surface area contributed by atoms with Gasteiger partial charge >= 0.3 is 0 Å². The Morgan fingerprint density at radius 1 is 1.00 bits per heavy atom. The Bertz CT molecular complexity index is 1170. The highest BCUT2D eigenvalue weighted by Crippen LogP contribution is 2.59. The van der Waals surface area contributed by atoms with E-state index in [4.69, 9.17) is 0 Å². The Hall–Kier alpha value is -2.34. The van der Waals surface area contributed by atoms with Crippen LogP contribution < -0.4 is 0 Å². The summed E-state index contributed by atoms with van der Waals surface area (Å²) < 4.78 is 28.6. The number of hydrogen-bond acceptors (Lipinski definition) is 4. The third-order valence-electron chi connectivity index (χ3n) is 8.00. The molecule has 31 heavy (non-hydrogen) atoms. The topological polar surface area (TPSA) is 75.9 Å². The molecule has 162 valence electrons. The van der Waals surface area contributed by atoms with E-state index < -0.39 is 10.0 Å². The summed E-state index contributed by atoms with van der Waals surface area (Å²) in [5, 5.41) is 4.06. The molecule has 0 saturated heterocycles. The number of hydrogen-bond donors (Lipinski definition) is 0. The molecule has 0 amide bonds. The van der Waals surface area contributed by atoms with Crippen molar-refractivity contribution in [1.29, 1.82) is 0 Å². The van der Waals surface area contributed by atoms with Gasteiger partial charge in [-0.3, -0.25) is 4.79 Å². The summed E-state index contributed by atoms with van der Waals surface area (Å²) in [6, 6.07) is 12.6. The summed E-state index contributed by atoms with van der Waals surface area (Å²) in [5.74, 6) is 2.04. The molecule has 0 N–H and O–H groups in total. The Labute approximate surface area is 184 Å². The van der Waals surface area contributed by atoms with E-state index >= 15 is 0 Å². The standard InChI is InChI=1S/C25H28N2O3S/c1-16-3-7-19(8-4-16)31(29,30)27-26-18-6-10-20-17(15-18)5-9-22-21(20)13-14-25(2)23(22)11-12-24(25)28/h3-4,6-8,10,15,21-23H,5,9,11-14H2,1-2H3/t21-,22-,23+,25+/m1/s1. The normalized spacial score (nSPS) is 30.1. The summed E-state index contributed by atoms with van der Waals surface area (Å²) in [6.07, 6.45) is 5.85. The number of aryl methyl sites for hydroxylation is 2. The van der Waals surface area contributed by atoms with Crippen LogP contribution in [0, 0.1) is 24.2 Å². The maximum absolute atomic E-state index is 12.5. The van der Waals surface area contributed by atoms with Crippen LogP contribution in [0.1, 0.15) is 61.6 Å². The average molecular weight is 437 g/mol. The molecule has 0 bridgehead atoms. The molecular weight excluding hydrogens is 408 g/mol. The molecule has 2 saturated carbocycles. The van der Waals surface area contributed by atoms with Crippen LogP contribution in [0.3, 0.4) is 0 Å². The molecule has 2 aromatic rings. The smallest absolute Gasteiger partial charge is 0.299 e. The number of fused-ring (bicyclic) bond motifs is 5. The van der Waals surface area contributed by atoms with Crippen molar-refractivity contribution < 1.29 is 13.2 Å². The van der Waals surface area contributed by atoms with E-state index in [1.807, 2.05) is 19.1 Å². The minimum atomic E-state index is -3.81. The predicted octanol–water partition coefficient (Wildman–Crippen LogP) is 5.89. The van der Waals surface area contributed by atoms with E-state index in [9.17, 15) is 13.2 Å². The van der Waals surface area contributed by atoms with Crippen LogP contribution in [-0.2, 0) is 21.2 Å². The van der Waals surface area contributed by atoms with Crippen LogP contribution in [0.5, 0.6) is 0 Å². The van der Waals surface area contributed by atoms with Crippen LogP contribution in [0.2, 0.25) is 0 Å². The van der Waals surface area contributed by atoms with Gasteiger partial charge in [-0.1, -0.05) is 35.2 Å². The maximum atomic E-state index is 12.5. The van der Waals surface area contributed by atoms with Crippen molar-refractivity contribution in [1.82, 2.24) is 0 Å². The first kappa shape index (κ1) is 20.6. The molecule has 0 spiro atoms. The number of Topliss-reactive ketones (excluding diaryl/α,β-unsaturated/α-hetero) is 1. The zero-order valence-electron chi connectivity index (χ0n) is 18.0. The lowest BCUT2D eigenvalue weighted by Gasteiger charge is -2.48. The van der Waals surface area contributed by atoms with E-state index in [1.54, 1.807) is 24.3 Å². The van der Waals surface area contributed by atoms with Gasteiger partial charge in [0.2, 0.25) is 0 Å². The lowest BCUT2D eigenvalue weighted by Crippen LogP contribution is -2.42. The van der Waals surface area contributed by atoms with Crippen LogP contribution in [0.25, 0.3) is 0 Å². The molecule has 6 heteroatoms. The molecule has 2 fully saturated rings. The van der Waals surface area contributed by atoms with Crippen LogP contribution in [0.4, 0.5) is 5.69 Å². The molecule has 0 radical (unpaired) electrons. The first-order chi connectivity index (χ1) is 14.8. The molecule has 0 aromatic heterocycles. The molecule has 4 atom stereocenters. The summed E-state index contributed by atoms with van der Waals surface area (Å²) in [4.78, 5) is 12.6. The molecule has 5 nitrogen and oxygen atoms in total. The Kier molecular flexibility index (Phi) is 4.88. The number of carbonyl (C=O) groups is 1.